The van der Waals surface area contributed by atoms with Gasteiger partial charge >= 0.3 is 0 Å². The molecule has 0 aliphatic carbocycles. The van der Waals surface area contributed by atoms with Crippen LogP contribution in [0.5, 0.6) is 0 Å². The molecule has 2 aliphatic heterocycles. The number of morpholine rings is 1. The largest absolute Gasteiger partial charge is 0.379 e. The molecule has 1 aromatic carbocycles. The fourth-order valence-corrected chi connectivity index (χ4v) is 2.61. The Balaban J connectivity index is 1.70. The number of hydrogen-bond acceptors (Lipinski definition) is 4. The number of carbonyl (C=O) groups excluding carboxylic acids is 2. The van der Waals surface area contributed by atoms with E-state index in [4.69, 9.17) is 4.74 Å². The van der Waals surface area contributed by atoms with Crippen molar-refractivity contribution < 1.29 is 14.3 Å². The van der Waals surface area contributed by atoms with Crippen molar-refractivity contribution >= 4 is 17.4 Å². The summed E-state index contributed by atoms with van der Waals surface area (Å²) in [6, 6.07) is 5.55. The van der Waals surface area contributed by atoms with Crippen LogP contribution in [-0.2, 0) is 16.0 Å². The second-order valence-electron chi connectivity index (χ2n) is 5.23. The van der Waals surface area contributed by atoms with Gasteiger partial charge in [0.25, 0.3) is 0 Å². The van der Waals surface area contributed by atoms with Crippen molar-refractivity contribution in [3.8, 4) is 0 Å². The minimum absolute atomic E-state index is 0.0462. The third-order valence-corrected chi connectivity index (χ3v) is 3.79. The maximum atomic E-state index is 12.3. The summed E-state index contributed by atoms with van der Waals surface area (Å²) in [5.74, 6) is 0.177. The first-order valence-electron chi connectivity index (χ1n) is 6.98. The zero-order chi connectivity index (χ0) is 13.9. The zero-order valence-electron chi connectivity index (χ0n) is 11.4. The molecule has 2 aliphatic rings. The smallest absolute Gasteiger partial charge is 0.224 e. The lowest BCUT2D eigenvalue weighted by molar-refractivity contribution is -0.116. The summed E-state index contributed by atoms with van der Waals surface area (Å²) in [6.07, 6.45) is 1.20. The summed E-state index contributed by atoms with van der Waals surface area (Å²) >= 11 is 0. The summed E-state index contributed by atoms with van der Waals surface area (Å²) in [7, 11) is 0. The van der Waals surface area contributed by atoms with E-state index >= 15 is 0 Å². The van der Waals surface area contributed by atoms with Crippen molar-refractivity contribution in [3.05, 3.63) is 29.3 Å². The van der Waals surface area contributed by atoms with Crippen molar-refractivity contribution in [3.63, 3.8) is 0 Å². The number of carbonyl (C=O) groups is 2. The summed E-state index contributed by atoms with van der Waals surface area (Å²) in [5, 5.41) is 2.83. The van der Waals surface area contributed by atoms with E-state index in [-0.39, 0.29) is 11.7 Å². The van der Waals surface area contributed by atoms with Crippen molar-refractivity contribution in [2.75, 3.05) is 38.2 Å². The molecule has 1 fully saturated rings. The number of rotatable bonds is 3. The number of ketones is 1. The fraction of sp³-hybridized carbons (Fsp3) is 0.467. The van der Waals surface area contributed by atoms with E-state index in [2.05, 4.69) is 10.2 Å². The standard InChI is InChI=1S/C15H18N2O3/c18-14(10-17-5-7-20-8-6-17)12-1-3-13-11(9-12)2-4-15(19)16-13/h1,3,9H,2,4-8,10H2,(H,16,19). The first-order valence-corrected chi connectivity index (χ1v) is 6.98. The van der Waals surface area contributed by atoms with Crippen LogP contribution >= 0.6 is 0 Å². The Morgan fingerprint density at radius 2 is 2.05 bits per heavy atom. The van der Waals surface area contributed by atoms with E-state index < -0.39 is 0 Å². The molecule has 0 radical (unpaired) electrons. The minimum atomic E-state index is 0.0462. The highest BCUT2D eigenvalue weighted by atomic mass is 16.5. The van der Waals surface area contributed by atoms with Crippen LogP contribution in [0.1, 0.15) is 22.3 Å². The number of fused-ring (bicyclic) bond motifs is 1. The van der Waals surface area contributed by atoms with E-state index in [1.54, 1.807) is 6.07 Å². The molecule has 0 saturated carbocycles. The Morgan fingerprint density at radius 3 is 2.85 bits per heavy atom. The molecule has 20 heavy (non-hydrogen) atoms. The van der Waals surface area contributed by atoms with Crippen LogP contribution in [0.3, 0.4) is 0 Å². The summed E-state index contributed by atoms with van der Waals surface area (Å²) in [5.41, 5.74) is 2.62. The lowest BCUT2D eigenvalue weighted by Crippen LogP contribution is -2.39. The first kappa shape index (κ1) is 13.3. The predicted octanol–water partition coefficient (Wildman–Crippen LogP) is 1.09. The maximum absolute atomic E-state index is 12.3. The summed E-state index contributed by atoms with van der Waals surface area (Å²) in [4.78, 5) is 25.7. The molecule has 5 heteroatoms. The van der Waals surface area contributed by atoms with Crippen LogP contribution in [-0.4, -0.2) is 49.4 Å². The third kappa shape index (κ3) is 2.89. The number of nitrogens with zero attached hydrogens (tertiary/aromatic N) is 1. The molecule has 1 N–H and O–H groups in total. The number of anilines is 1. The number of aryl methyl sites for hydroxylation is 1. The van der Waals surface area contributed by atoms with Crippen LogP contribution in [0, 0.1) is 0 Å². The van der Waals surface area contributed by atoms with Gasteiger partial charge in [-0.05, 0) is 30.2 Å². The van der Waals surface area contributed by atoms with Gasteiger partial charge in [-0.3, -0.25) is 14.5 Å². The molecule has 106 valence electrons. The second-order valence-corrected chi connectivity index (χ2v) is 5.23. The van der Waals surface area contributed by atoms with Gasteiger partial charge in [0, 0.05) is 30.8 Å². The van der Waals surface area contributed by atoms with Crippen LogP contribution in [0.4, 0.5) is 5.69 Å². The molecule has 0 atom stereocenters. The maximum Gasteiger partial charge on any atom is 0.224 e. The number of amides is 1. The zero-order valence-corrected chi connectivity index (χ0v) is 11.4. The fourth-order valence-electron chi connectivity index (χ4n) is 2.61. The van der Waals surface area contributed by atoms with Gasteiger partial charge in [-0.1, -0.05) is 0 Å². The Bertz CT molecular complexity index is 536. The molecule has 1 aromatic rings. The summed E-state index contributed by atoms with van der Waals surface area (Å²) < 4.78 is 5.28. The second kappa shape index (κ2) is 5.73. The monoisotopic (exact) mass is 274 g/mol. The first-order chi connectivity index (χ1) is 9.72. The number of ether oxygens (including phenoxy) is 1. The molecule has 0 bridgehead atoms. The molecule has 0 spiro atoms. The predicted molar refractivity (Wildman–Crippen MR) is 75.0 cm³/mol. The van der Waals surface area contributed by atoms with Gasteiger partial charge in [-0.25, -0.2) is 0 Å². The molecule has 5 nitrogen and oxygen atoms in total. The quantitative estimate of drug-likeness (QED) is 0.838. The van der Waals surface area contributed by atoms with E-state index in [9.17, 15) is 9.59 Å². The topological polar surface area (TPSA) is 58.6 Å². The molecule has 1 amide bonds. The normalized spacial score (nSPS) is 19.3. The number of benzene rings is 1. The van der Waals surface area contributed by atoms with Gasteiger partial charge in [-0.2, -0.15) is 0 Å². The Hall–Kier alpha value is -1.72. The number of nitrogens with one attached hydrogen (secondary N) is 1. The molecule has 1 saturated heterocycles. The average Bonchev–Trinajstić information content (AvgIpc) is 2.47. The lowest BCUT2D eigenvalue weighted by Gasteiger charge is -2.26. The van der Waals surface area contributed by atoms with Crippen LogP contribution in [0.15, 0.2) is 18.2 Å². The summed E-state index contributed by atoms with van der Waals surface area (Å²) in [6.45, 7) is 3.46. The Labute approximate surface area is 117 Å². The van der Waals surface area contributed by atoms with Gasteiger partial charge in [0.15, 0.2) is 5.78 Å². The van der Waals surface area contributed by atoms with Gasteiger partial charge < -0.3 is 10.1 Å². The number of hydrogen-bond donors (Lipinski definition) is 1. The van der Waals surface area contributed by atoms with Gasteiger partial charge in [-0.15, -0.1) is 0 Å². The average molecular weight is 274 g/mol. The van der Waals surface area contributed by atoms with E-state index in [1.807, 2.05) is 12.1 Å². The molecule has 2 heterocycles. The SMILES string of the molecule is O=C1CCc2cc(C(=O)CN3CCOCC3)ccc2N1. The highest BCUT2D eigenvalue weighted by Crippen LogP contribution is 2.23. The lowest BCUT2D eigenvalue weighted by atomic mass is 9.98. The molecule has 0 aromatic heterocycles. The van der Waals surface area contributed by atoms with Crippen molar-refractivity contribution in [1.29, 1.82) is 0 Å². The molecule has 3 rings (SSSR count). The van der Waals surface area contributed by atoms with E-state index in [1.165, 1.54) is 0 Å². The Kier molecular flexibility index (Phi) is 3.80. The molecule has 0 unspecified atom stereocenters. The van der Waals surface area contributed by atoms with Crippen molar-refractivity contribution in [2.45, 2.75) is 12.8 Å². The number of Topliss-reactive ketones (excluding diaryl/α,β-unsaturated/α-hetero) is 1. The van der Waals surface area contributed by atoms with Gasteiger partial charge in [0.1, 0.15) is 0 Å². The van der Waals surface area contributed by atoms with E-state index in [0.29, 0.717) is 32.6 Å². The van der Waals surface area contributed by atoms with Crippen molar-refractivity contribution in [1.82, 2.24) is 4.90 Å². The highest BCUT2D eigenvalue weighted by Gasteiger charge is 2.19. The minimum Gasteiger partial charge on any atom is -0.379 e. The van der Waals surface area contributed by atoms with Crippen molar-refractivity contribution in [2.24, 2.45) is 0 Å². The highest BCUT2D eigenvalue weighted by molar-refractivity contribution is 6.00. The van der Waals surface area contributed by atoms with E-state index in [0.717, 1.165) is 29.9 Å². The Morgan fingerprint density at radius 1 is 1.25 bits per heavy atom. The third-order valence-electron chi connectivity index (χ3n) is 3.79. The van der Waals surface area contributed by atoms with Gasteiger partial charge in [0.05, 0.1) is 19.8 Å². The van der Waals surface area contributed by atoms with Crippen LogP contribution in [0.25, 0.3) is 0 Å². The molecular weight excluding hydrogens is 256 g/mol. The molecular formula is C15H18N2O3. The van der Waals surface area contributed by atoms with Gasteiger partial charge in [0.2, 0.25) is 5.91 Å². The van der Waals surface area contributed by atoms with Crippen LogP contribution < -0.4 is 5.32 Å². The van der Waals surface area contributed by atoms with Crippen LogP contribution in [0.2, 0.25) is 0 Å².